The zero-order valence-electron chi connectivity index (χ0n) is 21.0. The maximum atomic E-state index is 4.78. The van der Waals surface area contributed by atoms with Crippen LogP contribution in [0, 0.1) is 0 Å². The van der Waals surface area contributed by atoms with Crippen LogP contribution in [-0.2, 0) is 13.1 Å². The van der Waals surface area contributed by atoms with E-state index in [2.05, 4.69) is 77.9 Å². The van der Waals surface area contributed by atoms with Gasteiger partial charge in [0.05, 0.1) is 11.0 Å². The lowest BCUT2D eigenvalue weighted by Crippen LogP contribution is -2.12. The highest BCUT2D eigenvalue weighted by molar-refractivity contribution is 5.97. The molecule has 3 N–H and O–H groups in total. The van der Waals surface area contributed by atoms with Crippen LogP contribution in [-0.4, -0.2) is 35.1 Å². The summed E-state index contributed by atoms with van der Waals surface area (Å²) in [7, 11) is 0. The van der Waals surface area contributed by atoms with Crippen molar-refractivity contribution >= 4 is 22.1 Å². The summed E-state index contributed by atoms with van der Waals surface area (Å²) in [6.07, 6.45) is 9.15. The fourth-order valence-electron chi connectivity index (χ4n) is 4.86. The molecule has 0 bridgehead atoms. The van der Waals surface area contributed by atoms with E-state index >= 15 is 0 Å². The van der Waals surface area contributed by atoms with E-state index in [-0.39, 0.29) is 0 Å². The van der Waals surface area contributed by atoms with Gasteiger partial charge in [0.2, 0.25) is 0 Å². The predicted molar refractivity (Wildman–Crippen MR) is 152 cm³/mol. The maximum Gasteiger partial charge on any atom is 0.178 e. The summed E-state index contributed by atoms with van der Waals surface area (Å²) in [5, 5.41) is 12.2. The third kappa shape index (κ3) is 4.54. The third-order valence-corrected chi connectivity index (χ3v) is 6.80. The molecule has 0 unspecified atom stereocenters. The molecule has 0 atom stereocenters. The molecule has 0 saturated carbocycles. The van der Waals surface area contributed by atoms with E-state index in [0.717, 1.165) is 63.0 Å². The van der Waals surface area contributed by atoms with Crippen LogP contribution in [0.15, 0.2) is 104 Å². The molecule has 0 radical (unpaired) electrons. The molecule has 0 fully saturated rings. The fraction of sp³-hybridized carbons (Fsp3) is 0.0645. The van der Waals surface area contributed by atoms with Gasteiger partial charge in [0, 0.05) is 60.6 Å². The van der Waals surface area contributed by atoms with Gasteiger partial charge in [-0.1, -0.05) is 36.4 Å². The summed E-state index contributed by atoms with van der Waals surface area (Å²) in [5.41, 5.74) is 9.76. The van der Waals surface area contributed by atoms with Gasteiger partial charge in [-0.15, -0.1) is 0 Å². The highest BCUT2D eigenvalue weighted by atomic mass is 15.1. The second-order valence-corrected chi connectivity index (χ2v) is 9.38. The molecule has 188 valence electrons. The van der Waals surface area contributed by atoms with Crippen molar-refractivity contribution < 1.29 is 0 Å². The Morgan fingerprint density at radius 3 is 2.49 bits per heavy atom. The summed E-state index contributed by atoms with van der Waals surface area (Å²) in [6, 6.07) is 24.8. The molecule has 0 saturated heterocycles. The standard InChI is InChI=1S/C31H24N8/c1-2-4-20(5-3-1)16-33-17-21-14-24(19-34-18-21)23-6-7-27-26(15-23)29(39-38-27)31-36-28-25(10-13-35-30(28)37-31)22-8-11-32-12-9-22/h1-15,18-19,33H,16-17H2,(H,38,39)(H,35,36,37). The Morgan fingerprint density at radius 1 is 0.718 bits per heavy atom. The van der Waals surface area contributed by atoms with Crippen molar-refractivity contribution in [3.8, 4) is 33.8 Å². The van der Waals surface area contributed by atoms with Gasteiger partial charge in [0.25, 0.3) is 0 Å². The molecule has 39 heavy (non-hydrogen) atoms. The molecular weight excluding hydrogens is 484 g/mol. The number of imidazole rings is 1. The molecule has 0 aliphatic rings. The van der Waals surface area contributed by atoms with Crippen molar-refractivity contribution in [2.45, 2.75) is 13.1 Å². The molecule has 0 aliphatic carbocycles. The monoisotopic (exact) mass is 508 g/mol. The van der Waals surface area contributed by atoms with Gasteiger partial charge >= 0.3 is 0 Å². The van der Waals surface area contributed by atoms with Gasteiger partial charge in [0.15, 0.2) is 11.5 Å². The summed E-state index contributed by atoms with van der Waals surface area (Å²) in [4.78, 5) is 21.4. The molecule has 5 heterocycles. The summed E-state index contributed by atoms with van der Waals surface area (Å²) < 4.78 is 0. The van der Waals surface area contributed by atoms with Crippen LogP contribution < -0.4 is 5.32 Å². The average Bonchev–Trinajstić information content (AvgIpc) is 3.62. The van der Waals surface area contributed by atoms with Crippen molar-refractivity contribution in [2.75, 3.05) is 0 Å². The average molecular weight is 509 g/mol. The first kappa shape index (κ1) is 22.9. The second-order valence-electron chi connectivity index (χ2n) is 9.38. The minimum Gasteiger partial charge on any atom is -0.335 e. The number of fused-ring (bicyclic) bond motifs is 2. The number of aromatic nitrogens is 7. The van der Waals surface area contributed by atoms with Crippen LogP contribution in [0.1, 0.15) is 11.1 Å². The Bertz CT molecular complexity index is 1890. The van der Waals surface area contributed by atoms with E-state index in [1.165, 1.54) is 5.56 Å². The van der Waals surface area contributed by atoms with Crippen molar-refractivity contribution in [2.24, 2.45) is 0 Å². The van der Waals surface area contributed by atoms with Crippen LogP contribution in [0.25, 0.3) is 55.8 Å². The first-order valence-corrected chi connectivity index (χ1v) is 12.7. The Morgan fingerprint density at radius 2 is 1.59 bits per heavy atom. The molecule has 8 heteroatoms. The SMILES string of the molecule is c1ccc(CNCc2cncc(-c3ccc4[nH]nc(-c5nc6nccc(-c7ccncc7)c6[nH]5)c4c3)c2)cc1. The van der Waals surface area contributed by atoms with Crippen LogP contribution in [0.3, 0.4) is 0 Å². The maximum absolute atomic E-state index is 4.78. The molecule has 7 aromatic rings. The minimum atomic E-state index is 0.645. The molecule has 7 rings (SSSR count). The Hall–Kier alpha value is -5.21. The van der Waals surface area contributed by atoms with Gasteiger partial charge in [-0.2, -0.15) is 5.10 Å². The largest absolute Gasteiger partial charge is 0.335 e. The quantitative estimate of drug-likeness (QED) is 0.247. The van der Waals surface area contributed by atoms with Crippen molar-refractivity contribution in [3.05, 3.63) is 115 Å². The van der Waals surface area contributed by atoms with E-state index in [4.69, 9.17) is 4.98 Å². The van der Waals surface area contributed by atoms with Crippen molar-refractivity contribution in [3.63, 3.8) is 0 Å². The first-order chi connectivity index (χ1) is 19.3. The lowest BCUT2D eigenvalue weighted by Gasteiger charge is -2.07. The van der Waals surface area contributed by atoms with Gasteiger partial charge < -0.3 is 10.3 Å². The smallest absolute Gasteiger partial charge is 0.178 e. The number of rotatable bonds is 7. The first-order valence-electron chi connectivity index (χ1n) is 12.7. The van der Waals surface area contributed by atoms with Gasteiger partial charge in [0.1, 0.15) is 5.69 Å². The molecule has 2 aromatic carbocycles. The number of hydrogen-bond donors (Lipinski definition) is 3. The normalized spacial score (nSPS) is 11.4. The van der Waals surface area contributed by atoms with Crippen LogP contribution in [0.5, 0.6) is 0 Å². The Balaban J connectivity index is 1.20. The van der Waals surface area contributed by atoms with E-state index in [9.17, 15) is 0 Å². The van der Waals surface area contributed by atoms with Crippen molar-refractivity contribution in [1.82, 2.24) is 40.4 Å². The highest BCUT2D eigenvalue weighted by Gasteiger charge is 2.16. The highest BCUT2D eigenvalue weighted by Crippen LogP contribution is 2.32. The molecule has 8 nitrogen and oxygen atoms in total. The van der Waals surface area contributed by atoms with E-state index in [0.29, 0.717) is 11.5 Å². The van der Waals surface area contributed by atoms with E-state index in [1.54, 1.807) is 18.6 Å². The molecule has 0 spiro atoms. The number of benzene rings is 2. The molecule has 0 amide bonds. The number of H-pyrrole nitrogens is 2. The second kappa shape index (κ2) is 9.92. The number of pyridine rings is 3. The number of aromatic amines is 2. The number of hydrogen-bond acceptors (Lipinski definition) is 6. The van der Waals surface area contributed by atoms with Gasteiger partial charge in [-0.25, -0.2) is 9.97 Å². The lowest BCUT2D eigenvalue weighted by molar-refractivity contribution is 0.691. The zero-order chi connectivity index (χ0) is 26.0. The Labute approximate surface area is 224 Å². The molecule has 0 aliphatic heterocycles. The van der Waals surface area contributed by atoms with E-state index < -0.39 is 0 Å². The number of nitrogens with one attached hydrogen (secondary N) is 3. The van der Waals surface area contributed by atoms with Crippen molar-refractivity contribution in [1.29, 1.82) is 0 Å². The summed E-state index contributed by atoms with van der Waals surface area (Å²) in [5.74, 6) is 0.666. The minimum absolute atomic E-state index is 0.645. The van der Waals surface area contributed by atoms with E-state index in [1.807, 2.05) is 42.7 Å². The molecular formula is C31H24N8. The summed E-state index contributed by atoms with van der Waals surface area (Å²) >= 11 is 0. The Kier molecular flexibility index (Phi) is 5.84. The zero-order valence-corrected chi connectivity index (χ0v) is 21.0. The van der Waals surface area contributed by atoms with Crippen LogP contribution in [0.4, 0.5) is 0 Å². The van der Waals surface area contributed by atoms with Gasteiger partial charge in [-0.3, -0.25) is 15.1 Å². The predicted octanol–water partition coefficient (Wildman–Crippen LogP) is 5.92. The summed E-state index contributed by atoms with van der Waals surface area (Å²) in [6.45, 7) is 1.55. The lowest BCUT2D eigenvalue weighted by atomic mass is 10.0. The van der Waals surface area contributed by atoms with Gasteiger partial charge in [-0.05, 0) is 58.7 Å². The fourth-order valence-corrected chi connectivity index (χ4v) is 4.86. The topological polar surface area (TPSA) is 108 Å². The third-order valence-electron chi connectivity index (χ3n) is 6.80. The number of nitrogens with zero attached hydrogens (tertiary/aromatic N) is 5. The van der Waals surface area contributed by atoms with Crippen LogP contribution in [0.2, 0.25) is 0 Å². The molecule has 5 aromatic heterocycles. The van der Waals surface area contributed by atoms with Crippen LogP contribution >= 0.6 is 0 Å².